The predicted molar refractivity (Wildman–Crippen MR) is 122 cm³/mol. The van der Waals surface area contributed by atoms with Gasteiger partial charge in [0.05, 0.1) is 17.3 Å². The van der Waals surface area contributed by atoms with Gasteiger partial charge >= 0.3 is 0 Å². The van der Waals surface area contributed by atoms with E-state index in [9.17, 15) is 4.79 Å². The normalized spacial score (nSPS) is 16.2. The van der Waals surface area contributed by atoms with E-state index in [1.54, 1.807) is 0 Å². The molecule has 156 valence electrons. The summed E-state index contributed by atoms with van der Waals surface area (Å²) in [4.78, 5) is 20.0. The van der Waals surface area contributed by atoms with E-state index in [0.717, 1.165) is 58.6 Å². The predicted octanol–water partition coefficient (Wildman–Crippen LogP) is 5.49. The maximum absolute atomic E-state index is 13.4. The third-order valence-corrected chi connectivity index (χ3v) is 6.20. The van der Waals surface area contributed by atoms with Crippen LogP contribution in [0.25, 0.3) is 10.9 Å². The van der Waals surface area contributed by atoms with Gasteiger partial charge in [0.2, 0.25) is 0 Å². The number of pyridine rings is 1. The molecule has 1 aliphatic heterocycles. The van der Waals surface area contributed by atoms with Gasteiger partial charge in [-0.2, -0.15) is 5.10 Å². The van der Waals surface area contributed by atoms with Gasteiger partial charge in [0, 0.05) is 23.2 Å². The number of benzene rings is 2. The average molecular weight is 431 g/mol. The molecule has 4 aromatic rings. The molecule has 0 saturated carbocycles. The number of nitrogens with zero attached hydrogens (tertiary/aromatic N) is 3. The van der Waals surface area contributed by atoms with E-state index in [0.29, 0.717) is 5.69 Å². The fourth-order valence-electron chi connectivity index (χ4n) is 4.32. The Balaban J connectivity index is 1.36. The molecular formula is C25H23ClN4O. The number of likely N-dealkylation sites (tertiary alicyclic amines) is 1. The third kappa shape index (κ3) is 3.93. The van der Waals surface area contributed by atoms with Gasteiger partial charge in [-0.15, -0.1) is 0 Å². The number of rotatable bonds is 4. The molecule has 5 rings (SSSR count). The first-order valence-electron chi connectivity index (χ1n) is 10.5. The molecule has 1 saturated heterocycles. The second kappa shape index (κ2) is 8.16. The first-order chi connectivity index (χ1) is 15.1. The van der Waals surface area contributed by atoms with Crippen LogP contribution in [-0.4, -0.2) is 32.5 Å². The number of fused-ring (bicyclic) bond motifs is 1. The highest BCUT2D eigenvalue weighted by Crippen LogP contribution is 2.33. The Morgan fingerprint density at radius 1 is 1.13 bits per heavy atom. The third-order valence-electron chi connectivity index (χ3n) is 5.95. The Kier molecular flexibility index (Phi) is 5.20. The topological polar surface area (TPSA) is 61.9 Å². The number of aromatic nitrogens is 3. The van der Waals surface area contributed by atoms with Gasteiger partial charge in [-0.25, -0.2) is 0 Å². The zero-order valence-electron chi connectivity index (χ0n) is 17.3. The van der Waals surface area contributed by atoms with Crippen molar-refractivity contribution in [3.63, 3.8) is 0 Å². The molecule has 0 radical (unpaired) electrons. The van der Waals surface area contributed by atoms with Crippen molar-refractivity contribution in [3.8, 4) is 0 Å². The number of H-pyrrole nitrogens is 1. The minimum Gasteiger partial charge on any atom is -0.329 e. The molecule has 0 aliphatic carbocycles. The van der Waals surface area contributed by atoms with Crippen molar-refractivity contribution in [2.24, 2.45) is 0 Å². The standard InChI is InChI=1S/C25H23ClN4O/c1-16-4-10-21-20(13-16)24(29-28-21)25(31)30-12-2-3-23(30)22-11-7-18(15-27-22)14-17-5-8-19(26)9-6-17/h4-11,13,15,23H,2-3,12,14H2,1H3,(H,28,29)/t23-/m1/s1. The van der Waals surface area contributed by atoms with Crippen LogP contribution >= 0.6 is 11.6 Å². The molecule has 1 amide bonds. The number of hydrogen-bond donors (Lipinski definition) is 1. The average Bonchev–Trinajstić information content (AvgIpc) is 3.43. The van der Waals surface area contributed by atoms with Crippen molar-refractivity contribution in [3.05, 3.63) is 93.9 Å². The van der Waals surface area contributed by atoms with E-state index in [1.807, 2.05) is 66.6 Å². The highest BCUT2D eigenvalue weighted by molar-refractivity contribution is 6.30. The van der Waals surface area contributed by atoms with Crippen molar-refractivity contribution in [1.82, 2.24) is 20.1 Å². The molecule has 0 unspecified atom stereocenters. The van der Waals surface area contributed by atoms with Crippen LogP contribution in [0, 0.1) is 6.92 Å². The van der Waals surface area contributed by atoms with Crippen LogP contribution in [0.2, 0.25) is 5.02 Å². The quantitative estimate of drug-likeness (QED) is 0.465. The Labute approximate surface area is 186 Å². The summed E-state index contributed by atoms with van der Waals surface area (Å²) in [7, 11) is 0. The fourth-order valence-corrected chi connectivity index (χ4v) is 4.45. The van der Waals surface area contributed by atoms with Gasteiger partial charge in [0.25, 0.3) is 5.91 Å². The Morgan fingerprint density at radius 3 is 2.71 bits per heavy atom. The largest absolute Gasteiger partial charge is 0.329 e. The molecule has 31 heavy (non-hydrogen) atoms. The lowest BCUT2D eigenvalue weighted by Crippen LogP contribution is -2.31. The number of nitrogens with one attached hydrogen (secondary N) is 1. The second-order valence-electron chi connectivity index (χ2n) is 8.17. The molecule has 5 nitrogen and oxygen atoms in total. The van der Waals surface area contributed by atoms with Gasteiger partial charge in [0.15, 0.2) is 5.69 Å². The molecular weight excluding hydrogens is 408 g/mol. The number of carbonyl (C=O) groups excluding carboxylic acids is 1. The summed E-state index contributed by atoms with van der Waals surface area (Å²) in [6.45, 7) is 2.74. The van der Waals surface area contributed by atoms with E-state index in [1.165, 1.54) is 5.56 Å². The van der Waals surface area contributed by atoms with E-state index >= 15 is 0 Å². The number of aromatic amines is 1. The Hall–Kier alpha value is -3.18. The monoisotopic (exact) mass is 430 g/mol. The SMILES string of the molecule is Cc1ccc2[nH]nc(C(=O)N3CCC[C@@H]3c3ccc(Cc4ccc(Cl)cc4)cn3)c2c1. The minimum atomic E-state index is -0.0357. The second-order valence-corrected chi connectivity index (χ2v) is 8.61. The van der Waals surface area contributed by atoms with E-state index in [-0.39, 0.29) is 11.9 Å². The zero-order valence-corrected chi connectivity index (χ0v) is 18.1. The number of halogens is 1. The Morgan fingerprint density at radius 2 is 1.94 bits per heavy atom. The lowest BCUT2D eigenvalue weighted by atomic mass is 10.0. The van der Waals surface area contributed by atoms with Crippen molar-refractivity contribution in [2.75, 3.05) is 6.54 Å². The van der Waals surface area contributed by atoms with E-state index in [4.69, 9.17) is 16.6 Å². The van der Waals surface area contributed by atoms with Crippen LogP contribution < -0.4 is 0 Å². The highest BCUT2D eigenvalue weighted by Gasteiger charge is 2.33. The van der Waals surface area contributed by atoms with Crippen LogP contribution in [0.1, 0.15) is 51.8 Å². The van der Waals surface area contributed by atoms with Crippen LogP contribution in [-0.2, 0) is 6.42 Å². The van der Waals surface area contributed by atoms with Crippen molar-refractivity contribution >= 4 is 28.4 Å². The molecule has 2 aromatic carbocycles. The van der Waals surface area contributed by atoms with E-state index < -0.39 is 0 Å². The molecule has 6 heteroatoms. The summed E-state index contributed by atoms with van der Waals surface area (Å²) in [5.74, 6) is -0.0357. The minimum absolute atomic E-state index is 0.0198. The summed E-state index contributed by atoms with van der Waals surface area (Å²) in [6, 6.07) is 18.0. The van der Waals surface area contributed by atoms with Gasteiger partial charge in [-0.05, 0) is 67.6 Å². The highest BCUT2D eigenvalue weighted by atomic mass is 35.5. The van der Waals surface area contributed by atoms with E-state index in [2.05, 4.69) is 16.3 Å². The molecule has 1 N–H and O–H groups in total. The van der Waals surface area contributed by atoms with Crippen molar-refractivity contribution in [1.29, 1.82) is 0 Å². The maximum atomic E-state index is 13.4. The summed E-state index contributed by atoms with van der Waals surface area (Å²) < 4.78 is 0. The number of carbonyl (C=O) groups is 1. The molecule has 1 fully saturated rings. The lowest BCUT2D eigenvalue weighted by molar-refractivity contribution is 0.0729. The first kappa shape index (κ1) is 19.8. The zero-order chi connectivity index (χ0) is 21.4. The number of hydrogen-bond acceptors (Lipinski definition) is 3. The van der Waals surface area contributed by atoms with Crippen LogP contribution in [0.15, 0.2) is 60.8 Å². The van der Waals surface area contributed by atoms with Gasteiger partial charge in [-0.3, -0.25) is 14.9 Å². The van der Waals surface area contributed by atoms with Gasteiger partial charge in [0.1, 0.15) is 0 Å². The van der Waals surface area contributed by atoms with Crippen molar-refractivity contribution in [2.45, 2.75) is 32.2 Å². The van der Waals surface area contributed by atoms with Crippen LogP contribution in [0.4, 0.5) is 0 Å². The first-order valence-corrected chi connectivity index (χ1v) is 10.9. The summed E-state index contributed by atoms with van der Waals surface area (Å²) in [6.07, 6.45) is 4.59. The Bertz CT molecular complexity index is 1230. The van der Waals surface area contributed by atoms with Gasteiger partial charge < -0.3 is 4.90 Å². The fraction of sp³-hybridized carbons (Fsp3) is 0.240. The molecule has 3 heterocycles. The van der Waals surface area contributed by atoms with Gasteiger partial charge in [-0.1, -0.05) is 41.4 Å². The van der Waals surface area contributed by atoms with Crippen molar-refractivity contribution < 1.29 is 4.79 Å². The molecule has 1 aliphatic rings. The summed E-state index contributed by atoms with van der Waals surface area (Å²) in [5, 5.41) is 8.93. The lowest BCUT2D eigenvalue weighted by Gasteiger charge is -2.23. The smallest absolute Gasteiger partial charge is 0.275 e. The number of aryl methyl sites for hydroxylation is 1. The maximum Gasteiger partial charge on any atom is 0.275 e. The molecule has 0 spiro atoms. The number of amides is 1. The molecule has 0 bridgehead atoms. The molecule has 2 aromatic heterocycles. The van der Waals surface area contributed by atoms with Crippen LogP contribution in [0.3, 0.4) is 0 Å². The summed E-state index contributed by atoms with van der Waals surface area (Å²) in [5.41, 5.74) is 5.74. The molecule has 1 atom stereocenters. The summed E-state index contributed by atoms with van der Waals surface area (Å²) >= 11 is 5.97. The van der Waals surface area contributed by atoms with Crippen LogP contribution in [0.5, 0.6) is 0 Å².